The highest BCUT2D eigenvalue weighted by atomic mass is 31.2. The molecule has 0 aliphatic carbocycles. The number of esters is 3. The van der Waals surface area contributed by atoms with E-state index >= 15 is 0 Å². The summed E-state index contributed by atoms with van der Waals surface area (Å²) in [5.74, 6) is -1.59. The summed E-state index contributed by atoms with van der Waals surface area (Å²) in [4.78, 5) is 58.5. The second kappa shape index (κ2) is 70.1. The van der Waals surface area contributed by atoms with Crippen LogP contribution in [0, 0.1) is 0 Å². The van der Waals surface area contributed by atoms with E-state index in [1.54, 1.807) is 0 Å². The minimum Gasteiger partial charge on any atom is -0.463 e. The standard InChI is InChI=1S/C77H134O16P2/c1-4-7-10-13-16-19-22-25-28-30-31-32-33-34-35-36-37-38-39-41-44-45-48-51-54-57-60-63-75(80)87-66-72(78)67-89-94(83,84)90-68-73(79)69-91-95(85,86)92-71-74(93-77(82)65-62-59-56-53-50-47-42-27-24-21-18-15-12-9-6-3)70-88-76(81)64-61-58-55-52-49-46-43-40-29-26-23-20-17-14-11-8-5-2/h7-8,10-11,16-17,19-20,25-29,31-32,34-35,42,72-74,78-79H,4-6,9,12-15,18,21-24,30,33,36-41,43-71H2,1-3H3,(H,83,84)(H,85,86)/b10-7-,11-8-,19-16-,20-17-,28-25-,29-26-,32-31-,35-34-,42-27-. The van der Waals surface area contributed by atoms with Crippen molar-refractivity contribution < 1.29 is 75.8 Å². The first-order chi connectivity index (χ1) is 46.2. The Morgan fingerprint density at radius 3 is 0.895 bits per heavy atom. The minimum atomic E-state index is -4.93. The number of carbonyl (C=O) groups is 3. The van der Waals surface area contributed by atoms with Crippen molar-refractivity contribution in [3.63, 3.8) is 0 Å². The molecule has 18 heteroatoms. The third-order valence-electron chi connectivity index (χ3n) is 15.5. The summed E-state index contributed by atoms with van der Waals surface area (Å²) in [5, 5.41) is 20.6. The van der Waals surface area contributed by atoms with E-state index in [1.807, 2.05) is 0 Å². The molecule has 0 saturated carbocycles. The third kappa shape index (κ3) is 71.3. The van der Waals surface area contributed by atoms with Crippen LogP contribution < -0.4 is 0 Å². The van der Waals surface area contributed by atoms with E-state index in [2.05, 4.69) is 130 Å². The highest BCUT2D eigenvalue weighted by Gasteiger charge is 2.29. The Morgan fingerprint density at radius 1 is 0.305 bits per heavy atom. The van der Waals surface area contributed by atoms with Gasteiger partial charge in [0.05, 0.1) is 26.4 Å². The van der Waals surface area contributed by atoms with Gasteiger partial charge < -0.3 is 34.2 Å². The van der Waals surface area contributed by atoms with E-state index in [4.69, 9.17) is 32.3 Å². The van der Waals surface area contributed by atoms with Crippen molar-refractivity contribution in [3.8, 4) is 0 Å². The first-order valence-electron chi connectivity index (χ1n) is 37.2. The van der Waals surface area contributed by atoms with Crippen LogP contribution in [0.4, 0.5) is 0 Å². The highest BCUT2D eigenvalue weighted by molar-refractivity contribution is 7.47. The molecule has 0 amide bonds. The topological polar surface area (TPSA) is 231 Å². The van der Waals surface area contributed by atoms with Crippen molar-refractivity contribution in [1.82, 2.24) is 0 Å². The molecule has 0 aromatic heterocycles. The molecule has 16 nitrogen and oxygen atoms in total. The van der Waals surface area contributed by atoms with Gasteiger partial charge in [0.1, 0.15) is 25.4 Å². The molecular formula is C77H134O16P2. The van der Waals surface area contributed by atoms with Gasteiger partial charge in [0, 0.05) is 19.3 Å². The predicted molar refractivity (Wildman–Crippen MR) is 390 cm³/mol. The summed E-state index contributed by atoms with van der Waals surface area (Å²) in [7, 11) is -9.79. The summed E-state index contributed by atoms with van der Waals surface area (Å²) in [6.45, 7) is 2.44. The lowest BCUT2D eigenvalue weighted by Crippen LogP contribution is -2.30. The van der Waals surface area contributed by atoms with Crippen LogP contribution in [0.1, 0.15) is 303 Å². The maximum atomic E-state index is 12.9. The molecule has 0 rings (SSSR count). The summed E-state index contributed by atoms with van der Waals surface area (Å²) in [6, 6.07) is 0. The predicted octanol–water partition coefficient (Wildman–Crippen LogP) is 21.2. The monoisotopic (exact) mass is 1380 g/mol. The summed E-state index contributed by atoms with van der Waals surface area (Å²) >= 11 is 0. The molecule has 0 saturated heterocycles. The number of hydrogen-bond donors (Lipinski definition) is 4. The third-order valence-corrected chi connectivity index (χ3v) is 17.4. The molecule has 5 unspecified atom stereocenters. The number of ether oxygens (including phenoxy) is 3. The molecule has 5 atom stereocenters. The van der Waals surface area contributed by atoms with Gasteiger partial charge in [-0.3, -0.25) is 32.5 Å². The Balaban J connectivity index is 4.54. The molecule has 0 aromatic rings. The zero-order valence-corrected chi connectivity index (χ0v) is 61.4. The minimum absolute atomic E-state index is 0.0923. The molecule has 548 valence electrons. The first-order valence-corrected chi connectivity index (χ1v) is 40.2. The van der Waals surface area contributed by atoms with Crippen LogP contribution >= 0.6 is 15.6 Å². The Kier molecular flexibility index (Phi) is 67.3. The second-order valence-electron chi connectivity index (χ2n) is 24.7. The molecule has 0 aromatic carbocycles. The van der Waals surface area contributed by atoms with Crippen LogP contribution in [-0.2, 0) is 55.8 Å². The van der Waals surface area contributed by atoms with Crippen molar-refractivity contribution in [3.05, 3.63) is 109 Å². The van der Waals surface area contributed by atoms with Crippen LogP contribution in [0.25, 0.3) is 0 Å². The maximum Gasteiger partial charge on any atom is 0.472 e. The van der Waals surface area contributed by atoms with Crippen LogP contribution in [-0.4, -0.2) is 95.9 Å². The number of aliphatic hydroxyl groups excluding tert-OH is 2. The molecule has 95 heavy (non-hydrogen) atoms. The number of phosphoric acid groups is 2. The van der Waals surface area contributed by atoms with E-state index in [-0.39, 0.29) is 19.3 Å². The fraction of sp³-hybridized carbons (Fsp3) is 0.727. The number of allylic oxidation sites excluding steroid dienone is 18. The van der Waals surface area contributed by atoms with Gasteiger partial charge >= 0.3 is 33.6 Å². The largest absolute Gasteiger partial charge is 0.472 e. The maximum absolute atomic E-state index is 12.9. The van der Waals surface area contributed by atoms with E-state index in [9.17, 15) is 43.5 Å². The SMILES string of the molecule is CC/C=C\C/C=C\C/C=C\C/C=C\C/C=C\CCCCCCCCCCCCCC(=O)OCC(O)COP(=O)(O)OCC(O)COP(=O)(O)OCC(COC(=O)CCCCCCCCC/C=C\C/C=C\C/C=C\CC)OC(=O)CCCCCCC/C=C\CCCCCCCC. The van der Waals surface area contributed by atoms with Gasteiger partial charge in [-0.2, -0.15) is 0 Å². The number of phosphoric ester groups is 2. The average molecular weight is 1380 g/mol. The molecule has 0 spiro atoms. The molecule has 4 N–H and O–H groups in total. The zero-order valence-electron chi connectivity index (χ0n) is 59.6. The zero-order chi connectivity index (χ0) is 69.5. The second-order valence-corrected chi connectivity index (χ2v) is 27.6. The molecule has 0 radical (unpaired) electrons. The van der Waals surface area contributed by atoms with E-state index < -0.39 is 91.5 Å². The van der Waals surface area contributed by atoms with Gasteiger partial charge in [-0.1, -0.05) is 271 Å². The lowest BCUT2D eigenvalue weighted by Gasteiger charge is -2.21. The molecule has 0 aliphatic heterocycles. The fourth-order valence-corrected chi connectivity index (χ4v) is 11.4. The quantitative estimate of drug-likeness (QED) is 0.0146. The molecular weight excluding hydrogens is 1240 g/mol. The van der Waals surface area contributed by atoms with E-state index in [0.29, 0.717) is 19.3 Å². The highest BCUT2D eigenvalue weighted by Crippen LogP contribution is 2.45. The van der Waals surface area contributed by atoms with Gasteiger partial charge in [0.2, 0.25) is 0 Å². The number of carbonyl (C=O) groups excluding carboxylic acids is 3. The Labute approximate surface area is 577 Å². The van der Waals surface area contributed by atoms with Crippen LogP contribution in [0.15, 0.2) is 109 Å². The van der Waals surface area contributed by atoms with E-state index in [1.165, 1.54) is 83.5 Å². The van der Waals surface area contributed by atoms with Crippen molar-refractivity contribution in [2.24, 2.45) is 0 Å². The van der Waals surface area contributed by atoms with Crippen LogP contribution in [0.3, 0.4) is 0 Å². The van der Waals surface area contributed by atoms with Crippen molar-refractivity contribution in [1.29, 1.82) is 0 Å². The average Bonchev–Trinajstić information content (AvgIpc) is 2.05. The van der Waals surface area contributed by atoms with Crippen molar-refractivity contribution in [2.75, 3.05) is 39.6 Å². The molecule has 0 aliphatic rings. The van der Waals surface area contributed by atoms with Crippen LogP contribution in [0.2, 0.25) is 0 Å². The molecule has 0 bridgehead atoms. The lowest BCUT2D eigenvalue weighted by molar-refractivity contribution is -0.161. The summed E-state index contributed by atoms with van der Waals surface area (Å²) in [6.07, 6.45) is 79.9. The Bertz CT molecular complexity index is 2170. The van der Waals surface area contributed by atoms with E-state index in [0.717, 1.165) is 161 Å². The summed E-state index contributed by atoms with van der Waals surface area (Å²) in [5.41, 5.74) is 0. The van der Waals surface area contributed by atoms with Crippen molar-refractivity contribution in [2.45, 2.75) is 322 Å². The number of rotatable bonds is 70. The normalized spacial score (nSPS) is 14.7. The molecule has 0 fully saturated rings. The van der Waals surface area contributed by atoms with Gasteiger partial charge in [0.15, 0.2) is 6.10 Å². The Hall–Kier alpha value is -3.79. The Morgan fingerprint density at radius 2 is 0.558 bits per heavy atom. The van der Waals surface area contributed by atoms with Crippen molar-refractivity contribution >= 4 is 33.6 Å². The number of unbranched alkanes of at least 4 members (excludes halogenated alkanes) is 29. The van der Waals surface area contributed by atoms with Gasteiger partial charge in [0.25, 0.3) is 0 Å². The lowest BCUT2D eigenvalue weighted by atomic mass is 10.0. The first kappa shape index (κ1) is 91.2. The fourth-order valence-electron chi connectivity index (χ4n) is 9.84. The van der Waals surface area contributed by atoms with Gasteiger partial charge in [-0.05, 0) is 122 Å². The molecule has 0 heterocycles. The smallest absolute Gasteiger partial charge is 0.463 e. The van der Waals surface area contributed by atoms with Gasteiger partial charge in [-0.25, -0.2) is 9.13 Å². The van der Waals surface area contributed by atoms with Gasteiger partial charge in [-0.15, -0.1) is 0 Å². The number of hydrogen-bond acceptors (Lipinski definition) is 14. The summed E-state index contributed by atoms with van der Waals surface area (Å²) < 4.78 is 61.0. The van der Waals surface area contributed by atoms with Crippen LogP contribution in [0.5, 0.6) is 0 Å². The number of aliphatic hydroxyl groups is 2.